The van der Waals surface area contributed by atoms with E-state index in [4.69, 9.17) is 5.73 Å². The zero-order valence-electron chi connectivity index (χ0n) is 9.50. The van der Waals surface area contributed by atoms with Crippen LogP contribution in [-0.4, -0.2) is 18.1 Å². The molecular formula is C11H18FN3. The molecule has 0 saturated carbocycles. The van der Waals surface area contributed by atoms with Crippen LogP contribution >= 0.6 is 0 Å². The fourth-order valence-electron chi connectivity index (χ4n) is 1.42. The molecule has 0 aliphatic carbocycles. The first-order chi connectivity index (χ1) is 7.10. The van der Waals surface area contributed by atoms with Crippen LogP contribution in [0, 0.1) is 5.82 Å². The molecule has 1 unspecified atom stereocenters. The molecule has 1 aromatic rings. The van der Waals surface area contributed by atoms with Crippen molar-refractivity contribution in [3.63, 3.8) is 0 Å². The Morgan fingerprint density at radius 1 is 1.60 bits per heavy atom. The van der Waals surface area contributed by atoms with Crippen molar-refractivity contribution in [1.82, 2.24) is 4.98 Å². The number of nitrogens with zero attached hydrogens (tertiary/aromatic N) is 2. The number of pyridine rings is 1. The third-order valence-corrected chi connectivity index (χ3v) is 2.72. The Balaban J connectivity index is 3.02. The highest BCUT2D eigenvalue weighted by Crippen LogP contribution is 2.19. The van der Waals surface area contributed by atoms with E-state index >= 15 is 0 Å². The van der Waals surface area contributed by atoms with Crippen LogP contribution < -0.4 is 10.6 Å². The maximum atomic E-state index is 12.9. The summed E-state index contributed by atoms with van der Waals surface area (Å²) < 4.78 is 12.9. The Kier molecular flexibility index (Phi) is 4.03. The maximum Gasteiger partial charge on any atom is 0.141 e. The van der Waals surface area contributed by atoms with Crippen molar-refractivity contribution in [3.8, 4) is 0 Å². The van der Waals surface area contributed by atoms with Crippen molar-refractivity contribution in [2.45, 2.75) is 32.9 Å². The topological polar surface area (TPSA) is 42.2 Å². The molecule has 84 valence electrons. The van der Waals surface area contributed by atoms with Gasteiger partial charge in [0.25, 0.3) is 0 Å². The number of anilines is 1. The van der Waals surface area contributed by atoms with Gasteiger partial charge in [0, 0.05) is 25.2 Å². The summed E-state index contributed by atoms with van der Waals surface area (Å²) in [6.07, 6.45) is 2.24. The molecule has 4 heteroatoms. The van der Waals surface area contributed by atoms with Gasteiger partial charge in [-0.2, -0.15) is 0 Å². The summed E-state index contributed by atoms with van der Waals surface area (Å²) in [5.74, 6) is 0.435. The standard InChI is InChI=1S/C11H18FN3/c1-4-8(2)15(3)11-9(6-13)5-10(12)7-14-11/h5,7-8H,4,6,13H2,1-3H3. The molecule has 0 bridgehead atoms. The molecule has 0 aliphatic heterocycles. The second-order valence-corrected chi connectivity index (χ2v) is 3.71. The fraction of sp³-hybridized carbons (Fsp3) is 0.545. The number of halogens is 1. The third-order valence-electron chi connectivity index (χ3n) is 2.72. The minimum absolute atomic E-state index is 0.306. The van der Waals surface area contributed by atoms with E-state index in [0.717, 1.165) is 17.8 Å². The van der Waals surface area contributed by atoms with Crippen LogP contribution in [0.1, 0.15) is 25.8 Å². The van der Waals surface area contributed by atoms with E-state index in [9.17, 15) is 4.39 Å². The van der Waals surface area contributed by atoms with Crippen molar-refractivity contribution in [1.29, 1.82) is 0 Å². The monoisotopic (exact) mass is 211 g/mol. The van der Waals surface area contributed by atoms with E-state index in [1.807, 2.05) is 11.9 Å². The second-order valence-electron chi connectivity index (χ2n) is 3.71. The zero-order valence-corrected chi connectivity index (χ0v) is 9.50. The summed E-state index contributed by atoms with van der Waals surface area (Å²) in [5, 5.41) is 0. The number of nitrogens with two attached hydrogens (primary N) is 1. The zero-order chi connectivity index (χ0) is 11.4. The van der Waals surface area contributed by atoms with Gasteiger partial charge in [0.2, 0.25) is 0 Å². The van der Waals surface area contributed by atoms with E-state index in [0.29, 0.717) is 12.6 Å². The Labute approximate surface area is 90.1 Å². The summed E-state index contributed by atoms with van der Waals surface area (Å²) in [6.45, 7) is 4.51. The summed E-state index contributed by atoms with van der Waals surface area (Å²) >= 11 is 0. The molecule has 1 aromatic heterocycles. The summed E-state index contributed by atoms with van der Waals surface area (Å²) in [4.78, 5) is 6.12. The highest BCUT2D eigenvalue weighted by molar-refractivity contribution is 5.46. The summed E-state index contributed by atoms with van der Waals surface area (Å²) in [5.41, 5.74) is 6.31. The van der Waals surface area contributed by atoms with E-state index in [-0.39, 0.29) is 5.82 Å². The van der Waals surface area contributed by atoms with Gasteiger partial charge in [-0.15, -0.1) is 0 Å². The van der Waals surface area contributed by atoms with Crippen LogP contribution in [0.15, 0.2) is 12.3 Å². The molecule has 15 heavy (non-hydrogen) atoms. The molecule has 0 aliphatic rings. The molecule has 0 radical (unpaired) electrons. The van der Waals surface area contributed by atoms with Crippen LogP contribution in [0.3, 0.4) is 0 Å². The van der Waals surface area contributed by atoms with Crippen molar-refractivity contribution in [3.05, 3.63) is 23.6 Å². The largest absolute Gasteiger partial charge is 0.357 e. The molecule has 0 saturated heterocycles. The molecule has 1 rings (SSSR count). The maximum absolute atomic E-state index is 12.9. The lowest BCUT2D eigenvalue weighted by Crippen LogP contribution is -2.30. The van der Waals surface area contributed by atoms with Crippen LogP contribution in [-0.2, 0) is 6.54 Å². The quantitative estimate of drug-likeness (QED) is 0.827. The van der Waals surface area contributed by atoms with E-state index in [1.54, 1.807) is 0 Å². The summed E-state index contributed by atoms with van der Waals surface area (Å²) in [7, 11) is 1.95. The van der Waals surface area contributed by atoms with Crippen LogP contribution in [0.25, 0.3) is 0 Å². The van der Waals surface area contributed by atoms with Gasteiger partial charge in [0.05, 0.1) is 6.20 Å². The van der Waals surface area contributed by atoms with Crippen LogP contribution in [0.4, 0.5) is 10.2 Å². The smallest absolute Gasteiger partial charge is 0.141 e. The first kappa shape index (κ1) is 11.9. The summed E-state index contributed by atoms with van der Waals surface area (Å²) in [6, 6.07) is 1.81. The lowest BCUT2D eigenvalue weighted by molar-refractivity contribution is 0.611. The molecule has 1 heterocycles. The van der Waals surface area contributed by atoms with E-state index < -0.39 is 0 Å². The highest BCUT2D eigenvalue weighted by Gasteiger charge is 2.13. The van der Waals surface area contributed by atoms with Gasteiger partial charge in [-0.1, -0.05) is 6.92 Å². The lowest BCUT2D eigenvalue weighted by atomic mass is 10.2. The Bertz CT molecular complexity index is 328. The first-order valence-corrected chi connectivity index (χ1v) is 5.17. The van der Waals surface area contributed by atoms with Gasteiger partial charge in [-0.25, -0.2) is 9.37 Å². The van der Waals surface area contributed by atoms with Crippen molar-refractivity contribution >= 4 is 5.82 Å². The van der Waals surface area contributed by atoms with Gasteiger partial charge >= 0.3 is 0 Å². The number of hydrogen-bond acceptors (Lipinski definition) is 3. The fourth-order valence-corrected chi connectivity index (χ4v) is 1.42. The van der Waals surface area contributed by atoms with Crippen molar-refractivity contribution in [2.24, 2.45) is 5.73 Å². The van der Waals surface area contributed by atoms with Gasteiger partial charge in [-0.3, -0.25) is 0 Å². The molecule has 1 atom stereocenters. The second kappa shape index (κ2) is 5.07. The molecule has 0 amide bonds. The van der Waals surface area contributed by atoms with E-state index in [1.165, 1.54) is 12.3 Å². The molecule has 3 nitrogen and oxygen atoms in total. The minimum Gasteiger partial charge on any atom is -0.357 e. The van der Waals surface area contributed by atoms with Gasteiger partial charge in [0.1, 0.15) is 11.6 Å². The van der Waals surface area contributed by atoms with Crippen LogP contribution in [0.5, 0.6) is 0 Å². The van der Waals surface area contributed by atoms with Crippen LogP contribution in [0.2, 0.25) is 0 Å². The number of rotatable bonds is 4. The third kappa shape index (κ3) is 2.65. The molecule has 0 spiro atoms. The average Bonchev–Trinajstić information content (AvgIpc) is 2.26. The Morgan fingerprint density at radius 2 is 2.27 bits per heavy atom. The molecular weight excluding hydrogens is 193 g/mol. The molecule has 0 fully saturated rings. The number of hydrogen-bond donors (Lipinski definition) is 1. The number of aromatic nitrogens is 1. The lowest BCUT2D eigenvalue weighted by Gasteiger charge is -2.26. The van der Waals surface area contributed by atoms with Gasteiger partial charge in [-0.05, 0) is 19.4 Å². The van der Waals surface area contributed by atoms with Gasteiger partial charge in [0.15, 0.2) is 0 Å². The normalized spacial score (nSPS) is 12.6. The van der Waals surface area contributed by atoms with Crippen molar-refractivity contribution in [2.75, 3.05) is 11.9 Å². The highest BCUT2D eigenvalue weighted by atomic mass is 19.1. The molecule has 2 N–H and O–H groups in total. The Morgan fingerprint density at radius 3 is 2.80 bits per heavy atom. The van der Waals surface area contributed by atoms with Gasteiger partial charge < -0.3 is 10.6 Å². The van der Waals surface area contributed by atoms with Crippen molar-refractivity contribution < 1.29 is 4.39 Å². The average molecular weight is 211 g/mol. The predicted molar refractivity (Wildman–Crippen MR) is 60.2 cm³/mol. The molecule has 0 aromatic carbocycles. The SMILES string of the molecule is CCC(C)N(C)c1ncc(F)cc1CN. The predicted octanol–water partition coefficient (Wildman–Crippen LogP) is 1.91. The Hall–Kier alpha value is -1.16. The first-order valence-electron chi connectivity index (χ1n) is 5.17. The minimum atomic E-state index is -0.336. The van der Waals surface area contributed by atoms with E-state index in [2.05, 4.69) is 18.8 Å².